The molecule has 0 aromatic heterocycles. The Morgan fingerprint density at radius 1 is 1.12 bits per heavy atom. The Labute approximate surface area is 144 Å². The van der Waals surface area contributed by atoms with Crippen LogP contribution in [0.25, 0.3) is 0 Å². The van der Waals surface area contributed by atoms with Gasteiger partial charge in [0.1, 0.15) is 0 Å². The molecule has 0 aliphatic rings. The van der Waals surface area contributed by atoms with Gasteiger partial charge in [0.05, 0.1) is 12.0 Å². The molecule has 0 spiro atoms. The fraction of sp³-hybridized carbons (Fsp3) is 0.133. The lowest BCUT2D eigenvalue weighted by Crippen LogP contribution is -2.43. The number of carbonyl (C=O) groups excluding carboxylic acids is 1. The molecule has 1 amide bonds. The second kappa shape index (κ2) is 8.00. The number of hydrogen-bond donors (Lipinski definition) is 2. The van der Waals surface area contributed by atoms with Crippen LogP contribution >= 0.6 is 11.6 Å². The summed E-state index contributed by atoms with van der Waals surface area (Å²) < 4.78 is 34.4. The van der Waals surface area contributed by atoms with Crippen LogP contribution in [0.2, 0.25) is 5.02 Å². The molecule has 0 aliphatic heterocycles. The molecule has 0 aliphatic carbocycles. The Bertz CT molecular complexity index is 826. The van der Waals surface area contributed by atoms with Crippen LogP contribution in [0.4, 0.5) is 0 Å². The standard InChI is InChI=1S/C15H15ClN2O5S/c1-22-13-7-2-3-8-14(13)23-10-15(19)17-18-24(20,21)12-6-4-5-11(16)9-12/h2-9,18H,10H2,1H3,(H,17,19). The molecule has 24 heavy (non-hydrogen) atoms. The van der Waals surface area contributed by atoms with Crippen LogP contribution in [0, 0.1) is 0 Å². The summed E-state index contributed by atoms with van der Waals surface area (Å²) in [7, 11) is -2.45. The minimum absolute atomic E-state index is 0.0686. The lowest BCUT2D eigenvalue weighted by atomic mass is 10.3. The number of sulfonamides is 1. The predicted molar refractivity (Wildman–Crippen MR) is 88.4 cm³/mol. The third-order valence-corrected chi connectivity index (χ3v) is 4.34. The van der Waals surface area contributed by atoms with Gasteiger partial charge in [-0.25, -0.2) is 8.42 Å². The van der Waals surface area contributed by atoms with Gasteiger partial charge in [0.25, 0.3) is 15.9 Å². The summed E-state index contributed by atoms with van der Waals surface area (Å²) >= 11 is 5.75. The zero-order valence-electron chi connectivity index (χ0n) is 12.7. The van der Waals surface area contributed by atoms with Crippen molar-refractivity contribution >= 4 is 27.5 Å². The molecule has 128 valence electrons. The number of amides is 1. The number of nitrogens with one attached hydrogen (secondary N) is 2. The first-order chi connectivity index (χ1) is 11.4. The Morgan fingerprint density at radius 2 is 1.83 bits per heavy atom. The molecule has 0 atom stereocenters. The highest BCUT2D eigenvalue weighted by molar-refractivity contribution is 7.89. The summed E-state index contributed by atoms with van der Waals surface area (Å²) in [6, 6.07) is 12.4. The molecule has 2 N–H and O–H groups in total. The molecule has 0 fully saturated rings. The smallest absolute Gasteiger partial charge is 0.272 e. The molecule has 0 heterocycles. The summed E-state index contributed by atoms with van der Waals surface area (Å²) in [4.78, 5) is 13.6. The normalized spacial score (nSPS) is 10.9. The van der Waals surface area contributed by atoms with Crippen molar-refractivity contribution in [1.82, 2.24) is 10.3 Å². The van der Waals surface area contributed by atoms with Crippen molar-refractivity contribution in [3.05, 3.63) is 53.6 Å². The second-order valence-electron chi connectivity index (χ2n) is 4.55. The number of ether oxygens (including phenoxy) is 2. The lowest BCUT2D eigenvalue weighted by Gasteiger charge is -2.11. The van der Waals surface area contributed by atoms with Gasteiger partial charge < -0.3 is 9.47 Å². The number of carbonyl (C=O) groups is 1. The van der Waals surface area contributed by atoms with E-state index < -0.39 is 22.5 Å². The van der Waals surface area contributed by atoms with Crippen molar-refractivity contribution in [3.8, 4) is 11.5 Å². The van der Waals surface area contributed by atoms with Gasteiger partial charge in [-0.15, -0.1) is 4.83 Å². The van der Waals surface area contributed by atoms with E-state index in [9.17, 15) is 13.2 Å². The molecular weight excluding hydrogens is 356 g/mol. The molecule has 2 rings (SSSR count). The van der Waals surface area contributed by atoms with E-state index in [0.717, 1.165) is 0 Å². The van der Waals surface area contributed by atoms with Gasteiger partial charge in [-0.3, -0.25) is 10.2 Å². The number of methoxy groups -OCH3 is 1. The summed E-state index contributed by atoms with van der Waals surface area (Å²) in [5.74, 6) is 0.157. The number of halogens is 1. The van der Waals surface area contributed by atoms with E-state index in [1.54, 1.807) is 30.3 Å². The third-order valence-electron chi connectivity index (χ3n) is 2.86. The van der Waals surface area contributed by atoms with Gasteiger partial charge in [-0.2, -0.15) is 0 Å². The number of hydrazine groups is 1. The van der Waals surface area contributed by atoms with Crippen molar-refractivity contribution in [1.29, 1.82) is 0 Å². The molecule has 2 aromatic carbocycles. The molecule has 0 bridgehead atoms. The number of hydrogen-bond acceptors (Lipinski definition) is 5. The maximum atomic E-state index is 12.0. The summed E-state index contributed by atoms with van der Waals surface area (Å²) in [6.45, 7) is -0.390. The van der Waals surface area contributed by atoms with Crippen LogP contribution in [0.3, 0.4) is 0 Å². The predicted octanol–water partition coefficient (Wildman–Crippen LogP) is 1.74. The fourth-order valence-corrected chi connectivity index (χ4v) is 2.90. The molecule has 0 saturated carbocycles. The van der Waals surface area contributed by atoms with Crippen LogP contribution in [0.1, 0.15) is 0 Å². The van der Waals surface area contributed by atoms with Gasteiger partial charge in [-0.05, 0) is 30.3 Å². The van der Waals surface area contributed by atoms with Crippen LogP contribution in [-0.2, 0) is 14.8 Å². The largest absolute Gasteiger partial charge is 0.493 e. The summed E-state index contributed by atoms with van der Waals surface area (Å²) in [5.41, 5.74) is 2.06. The first-order valence-electron chi connectivity index (χ1n) is 6.74. The maximum absolute atomic E-state index is 12.0. The Hall–Kier alpha value is -2.29. The van der Waals surface area contributed by atoms with Crippen LogP contribution in [0.15, 0.2) is 53.4 Å². The van der Waals surface area contributed by atoms with Crippen molar-refractivity contribution < 1.29 is 22.7 Å². The van der Waals surface area contributed by atoms with Crippen molar-refractivity contribution in [2.45, 2.75) is 4.90 Å². The average molecular weight is 371 g/mol. The quantitative estimate of drug-likeness (QED) is 0.724. The van der Waals surface area contributed by atoms with Crippen LogP contribution in [-0.4, -0.2) is 28.0 Å². The zero-order chi connectivity index (χ0) is 17.6. The molecule has 2 aromatic rings. The van der Waals surface area contributed by atoms with Gasteiger partial charge in [0.2, 0.25) is 0 Å². The fourth-order valence-electron chi connectivity index (χ4n) is 1.73. The van der Waals surface area contributed by atoms with Crippen LogP contribution < -0.4 is 19.7 Å². The molecule has 0 saturated heterocycles. The molecular formula is C15H15ClN2O5S. The molecule has 9 heteroatoms. The monoisotopic (exact) mass is 370 g/mol. The number of rotatable bonds is 7. The van der Waals surface area contributed by atoms with Gasteiger partial charge in [0, 0.05) is 5.02 Å². The minimum Gasteiger partial charge on any atom is -0.493 e. The Morgan fingerprint density at radius 3 is 2.50 bits per heavy atom. The van der Waals surface area contributed by atoms with Crippen molar-refractivity contribution in [2.75, 3.05) is 13.7 Å². The first kappa shape index (κ1) is 18.1. The third kappa shape index (κ3) is 4.85. The van der Waals surface area contributed by atoms with Gasteiger partial charge in [-0.1, -0.05) is 29.8 Å². The summed E-state index contributed by atoms with van der Waals surface area (Å²) in [6.07, 6.45) is 0. The summed E-state index contributed by atoms with van der Waals surface area (Å²) in [5, 5.41) is 0.267. The SMILES string of the molecule is COc1ccccc1OCC(=O)NNS(=O)(=O)c1cccc(Cl)c1. The van der Waals surface area contributed by atoms with Gasteiger partial charge >= 0.3 is 0 Å². The van der Waals surface area contributed by atoms with Gasteiger partial charge in [0.15, 0.2) is 18.1 Å². The van der Waals surface area contributed by atoms with E-state index in [4.69, 9.17) is 21.1 Å². The van der Waals surface area contributed by atoms with E-state index in [0.29, 0.717) is 11.5 Å². The van der Waals surface area contributed by atoms with E-state index in [2.05, 4.69) is 5.43 Å². The second-order valence-corrected chi connectivity index (χ2v) is 6.67. The first-order valence-corrected chi connectivity index (χ1v) is 8.60. The highest BCUT2D eigenvalue weighted by Gasteiger charge is 2.15. The van der Waals surface area contributed by atoms with Crippen molar-refractivity contribution in [2.24, 2.45) is 0 Å². The average Bonchev–Trinajstić information content (AvgIpc) is 2.58. The topological polar surface area (TPSA) is 93.7 Å². The molecule has 0 unspecified atom stereocenters. The van der Waals surface area contributed by atoms with Crippen LogP contribution in [0.5, 0.6) is 11.5 Å². The van der Waals surface area contributed by atoms with E-state index >= 15 is 0 Å². The molecule has 7 nitrogen and oxygen atoms in total. The number of para-hydroxylation sites is 2. The minimum atomic E-state index is -3.92. The lowest BCUT2D eigenvalue weighted by molar-refractivity contribution is -0.123. The zero-order valence-corrected chi connectivity index (χ0v) is 14.2. The Balaban J connectivity index is 1.91. The Kier molecular flexibility index (Phi) is 6.02. The van der Waals surface area contributed by atoms with E-state index in [1.165, 1.54) is 25.3 Å². The number of benzene rings is 2. The van der Waals surface area contributed by atoms with Crippen molar-refractivity contribution in [3.63, 3.8) is 0 Å². The molecule has 0 radical (unpaired) electrons. The van der Waals surface area contributed by atoms with E-state index in [-0.39, 0.29) is 9.92 Å². The highest BCUT2D eigenvalue weighted by atomic mass is 35.5. The highest BCUT2D eigenvalue weighted by Crippen LogP contribution is 2.25. The maximum Gasteiger partial charge on any atom is 0.272 e. The van der Waals surface area contributed by atoms with E-state index in [1.807, 2.05) is 4.83 Å².